The van der Waals surface area contributed by atoms with Gasteiger partial charge in [-0.25, -0.2) is 9.97 Å². The largest absolute Gasteiger partial charge is 0.373 e. The summed E-state index contributed by atoms with van der Waals surface area (Å²) >= 11 is 0. The van der Waals surface area contributed by atoms with Crippen LogP contribution >= 0.6 is 0 Å². The normalized spacial score (nSPS) is 10.0. The van der Waals surface area contributed by atoms with Gasteiger partial charge in [-0.2, -0.15) is 0 Å². The molecule has 2 rings (SSSR count). The number of nitrogens with zero attached hydrogens (tertiary/aromatic N) is 3. The van der Waals surface area contributed by atoms with Crippen LogP contribution in [0, 0.1) is 6.92 Å². The zero-order chi connectivity index (χ0) is 10.7. The Kier molecular flexibility index (Phi) is 2.58. The van der Waals surface area contributed by atoms with E-state index in [0.29, 0.717) is 0 Å². The molecular formula is C11H12N4. The van der Waals surface area contributed by atoms with Crippen LogP contribution in [0.3, 0.4) is 0 Å². The average Bonchev–Trinajstić information content (AvgIpc) is 2.30. The van der Waals surface area contributed by atoms with E-state index in [0.717, 1.165) is 22.8 Å². The Balaban J connectivity index is 2.54. The molecule has 0 aliphatic carbocycles. The van der Waals surface area contributed by atoms with Crippen molar-refractivity contribution in [2.24, 2.45) is 0 Å². The van der Waals surface area contributed by atoms with Crippen molar-refractivity contribution >= 4 is 5.82 Å². The van der Waals surface area contributed by atoms with E-state index in [-0.39, 0.29) is 0 Å². The highest BCUT2D eigenvalue weighted by molar-refractivity contribution is 5.64. The monoisotopic (exact) mass is 200 g/mol. The number of rotatable bonds is 2. The first kappa shape index (κ1) is 9.58. The molecule has 1 N–H and O–H groups in total. The van der Waals surface area contributed by atoms with Crippen molar-refractivity contribution in [1.29, 1.82) is 0 Å². The van der Waals surface area contributed by atoms with Crippen molar-refractivity contribution in [3.63, 3.8) is 0 Å². The van der Waals surface area contributed by atoms with Gasteiger partial charge in [0.25, 0.3) is 0 Å². The Morgan fingerprint density at radius 1 is 1.13 bits per heavy atom. The van der Waals surface area contributed by atoms with Gasteiger partial charge in [-0.3, -0.25) is 4.98 Å². The van der Waals surface area contributed by atoms with Crippen molar-refractivity contribution in [1.82, 2.24) is 15.0 Å². The molecule has 0 saturated heterocycles. The number of hydrogen-bond donors (Lipinski definition) is 1. The van der Waals surface area contributed by atoms with E-state index in [1.165, 1.54) is 0 Å². The van der Waals surface area contributed by atoms with E-state index in [2.05, 4.69) is 20.3 Å². The molecule has 76 valence electrons. The maximum Gasteiger partial charge on any atom is 0.132 e. The summed E-state index contributed by atoms with van der Waals surface area (Å²) < 4.78 is 0. The SMILES string of the molecule is CNc1ncnc(-c2ccccn2)c1C. The minimum absolute atomic E-state index is 0.839. The minimum atomic E-state index is 0.839. The lowest BCUT2D eigenvalue weighted by molar-refractivity contribution is 1.11. The molecule has 15 heavy (non-hydrogen) atoms. The predicted molar refractivity (Wildman–Crippen MR) is 59.5 cm³/mol. The third-order valence-corrected chi connectivity index (χ3v) is 2.23. The lowest BCUT2D eigenvalue weighted by Gasteiger charge is -2.07. The highest BCUT2D eigenvalue weighted by atomic mass is 15.0. The molecule has 0 atom stereocenters. The van der Waals surface area contributed by atoms with Crippen molar-refractivity contribution in [3.05, 3.63) is 36.3 Å². The summed E-state index contributed by atoms with van der Waals surface area (Å²) in [6.07, 6.45) is 3.30. The summed E-state index contributed by atoms with van der Waals surface area (Å²) in [6.45, 7) is 1.98. The summed E-state index contributed by atoms with van der Waals surface area (Å²) in [4.78, 5) is 12.6. The number of aromatic nitrogens is 3. The summed E-state index contributed by atoms with van der Waals surface area (Å²) in [5.74, 6) is 0.839. The van der Waals surface area contributed by atoms with Crippen molar-refractivity contribution in [2.75, 3.05) is 12.4 Å². The molecule has 0 bridgehead atoms. The highest BCUT2D eigenvalue weighted by Crippen LogP contribution is 2.21. The van der Waals surface area contributed by atoms with Crippen LogP contribution in [0.5, 0.6) is 0 Å². The Bertz CT molecular complexity index is 453. The van der Waals surface area contributed by atoms with Crippen molar-refractivity contribution in [2.45, 2.75) is 6.92 Å². The summed E-state index contributed by atoms with van der Waals surface area (Å²) in [6, 6.07) is 5.77. The van der Waals surface area contributed by atoms with E-state index >= 15 is 0 Å². The maximum absolute atomic E-state index is 4.27. The fourth-order valence-electron chi connectivity index (χ4n) is 1.46. The number of anilines is 1. The van der Waals surface area contributed by atoms with E-state index in [1.807, 2.05) is 32.2 Å². The van der Waals surface area contributed by atoms with Crippen LogP contribution in [0.15, 0.2) is 30.7 Å². The van der Waals surface area contributed by atoms with Gasteiger partial charge in [0, 0.05) is 18.8 Å². The second kappa shape index (κ2) is 4.04. The Morgan fingerprint density at radius 3 is 2.67 bits per heavy atom. The molecule has 0 unspecified atom stereocenters. The molecule has 2 aromatic rings. The molecule has 0 aliphatic rings. The Morgan fingerprint density at radius 2 is 2.00 bits per heavy atom. The standard InChI is InChI=1S/C11H12N4/c1-8-10(9-5-3-4-6-13-9)14-7-15-11(8)12-2/h3-7H,1-2H3,(H,12,14,15). The molecule has 2 heterocycles. The predicted octanol–water partition coefficient (Wildman–Crippen LogP) is 1.89. The van der Waals surface area contributed by atoms with Crippen LogP contribution < -0.4 is 5.32 Å². The van der Waals surface area contributed by atoms with Gasteiger partial charge >= 0.3 is 0 Å². The van der Waals surface area contributed by atoms with E-state index in [1.54, 1.807) is 12.5 Å². The first-order valence-corrected chi connectivity index (χ1v) is 4.73. The highest BCUT2D eigenvalue weighted by Gasteiger charge is 2.07. The average molecular weight is 200 g/mol. The lowest BCUT2D eigenvalue weighted by atomic mass is 10.1. The lowest BCUT2D eigenvalue weighted by Crippen LogP contribution is -1.99. The summed E-state index contributed by atoms with van der Waals surface area (Å²) in [5.41, 5.74) is 2.75. The Hall–Kier alpha value is -1.97. The second-order valence-electron chi connectivity index (χ2n) is 3.16. The molecule has 0 spiro atoms. The number of pyridine rings is 1. The van der Waals surface area contributed by atoms with Crippen molar-refractivity contribution in [3.8, 4) is 11.4 Å². The van der Waals surface area contributed by atoms with Crippen molar-refractivity contribution < 1.29 is 0 Å². The van der Waals surface area contributed by atoms with E-state index < -0.39 is 0 Å². The fourth-order valence-corrected chi connectivity index (χ4v) is 1.46. The molecular weight excluding hydrogens is 188 g/mol. The molecule has 0 fully saturated rings. The van der Waals surface area contributed by atoms with Crippen LogP contribution in [-0.4, -0.2) is 22.0 Å². The second-order valence-corrected chi connectivity index (χ2v) is 3.16. The molecule has 4 nitrogen and oxygen atoms in total. The van der Waals surface area contributed by atoms with Crippen LogP contribution in [0.2, 0.25) is 0 Å². The fraction of sp³-hybridized carbons (Fsp3) is 0.182. The third-order valence-electron chi connectivity index (χ3n) is 2.23. The van der Waals surface area contributed by atoms with Gasteiger partial charge < -0.3 is 5.32 Å². The van der Waals surface area contributed by atoms with Gasteiger partial charge in [0.05, 0.1) is 11.4 Å². The van der Waals surface area contributed by atoms with Gasteiger partial charge in [0.15, 0.2) is 0 Å². The van der Waals surface area contributed by atoms with Crippen LogP contribution in [-0.2, 0) is 0 Å². The van der Waals surface area contributed by atoms with E-state index in [4.69, 9.17) is 0 Å². The molecule has 0 aliphatic heterocycles. The third kappa shape index (κ3) is 1.79. The quantitative estimate of drug-likeness (QED) is 0.804. The van der Waals surface area contributed by atoms with Gasteiger partial charge in [-0.15, -0.1) is 0 Å². The smallest absolute Gasteiger partial charge is 0.132 e. The van der Waals surface area contributed by atoms with Crippen LogP contribution in [0.25, 0.3) is 11.4 Å². The molecule has 0 aromatic carbocycles. The molecule has 2 aromatic heterocycles. The van der Waals surface area contributed by atoms with Gasteiger partial charge in [0.2, 0.25) is 0 Å². The van der Waals surface area contributed by atoms with E-state index in [9.17, 15) is 0 Å². The molecule has 4 heteroatoms. The van der Waals surface area contributed by atoms with Crippen LogP contribution in [0.1, 0.15) is 5.56 Å². The topological polar surface area (TPSA) is 50.7 Å². The summed E-state index contributed by atoms with van der Waals surface area (Å²) in [5, 5.41) is 3.03. The molecule has 0 saturated carbocycles. The molecule has 0 radical (unpaired) electrons. The van der Waals surface area contributed by atoms with Crippen LogP contribution in [0.4, 0.5) is 5.82 Å². The number of hydrogen-bond acceptors (Lipinski definition) is 4. The zero-order valence-corrected chi connectivity index (χ0v) is 8.73. The first-order chi connectivity index (χ1) is 7.33. The Labute approximate surface area is 88.4 Å². The summed E-state index contributed by atoms with van der Waals surface area (Å²) in [7, 11) is 1.84. The molecule has 0 amide bonds. The minimum Gasteiger partial charge on any atom is -0.373 e. The van der Waals surface area contributed by atoms with Gasteiger partial charge in [0.1, 0.15) is 12.1 Å². The zero-order valence-electron chi connectivity index (χ0n) is 8.73. The van der Waals surface area contributed by atoms with Gasteiger partial charge in [-0.1, -0.05) is 6.07 Å². The maximum atomic E-state index is 4.27. The number of nitrogens with one attached hydrogen (secondary N) is 1. The first-order valence-electron chi connectivity index (χ1n) is 4.73. The van der Waals surface area contributed by atoms with Gasteiger partial charge in [-0.05, 0) is 19.1 Å².